The zero-order valence-corrected chi connectivity index (χ0v) is 17.6. The summed E-state index contributed by atoms with van der Waals surface area (Å²) in [7, 11) is 4.89. The van der Waals surface area contributed by atoms with Crippen molar-refractivity contribution in [1.82, 2.24) is 25.1 Å². The van der Waals surface area contributed by atoms with Crippen molar-refractivity contribution in [3.8, 4) is 17.2 Å². The van der Waals surface area contributed by atoms with Crippen LogP contribution in [0, 0.1) is 5.41 Å². The van der Waals surface area contributed by atoms with Gasteiger partial charge in [-0.3, -0.25) is 4.79 Å². The van der Waals surface area contributed by atoms with Crippen LogP contribution >= 0.6 is 12.4 Å². The number of hydrogen-bond acceptors (Lipinski definition) is 8. The number of methoxy groups -OCH3 is 2. The first-order chi connectivity index (χ1) is 13.5. The number of benzene rings is 1. The maximum Gasteiger partial charge on any atom is 0.230 e. The Kier molecular flexibility index (Phi) is 7.77. The lowest BCUT2D eigenvalue weighted by molar-refractivity contribution is -0.146. The maximum atomic E-state index is 13.1. The second-order valence-electron chi connectivity index (χ2n) is 6.84. The van der Waals surface area contributed by atoms with Crippen LogP contribution in [0.3, 0.4) is 0 Å². The van der Waals surface area contributed by atoms with Gasteiger partial charge in [-0.25, -0.2) is 0 Å². The van der Waals surface area contributed by atoms with Crippen LogP contribution in [0.25, 0.3) is 5.69 Å². The average Bonchev–Trinajstić information content (AvgIpc) is 3.21. The van der Waals surface area contributed by atoms with Gasteiger partial charge in [0.1, 0.15) is 11.5 Å². The summed E-state index contributed by atoms with van der Waals surface area (Å²) in [5.74, 6) is 1.73. The molecular weight excluding hydrogens is 400 g/mol. The number of halogens is 1. The molecule has 0 bridgehead atoms. The largest absolute Gasteiger partial charge is 0.497 e. The van der Waals surface area contributed by atoms with Gasteiger partial charge in [0.2, 0.25) is 5.91 Å². The number of carbonyl (C=O) groups excluding carboxylic acids is 1. The summed E-state index contributed by atoms with van der Waals surface area (Å²) in [6.07, 6.45) is 1.23. The number of rotatable bonds is 7. The number of nitrogens with zero attached hydrogens (tertiary/aromatic N) is 5. The summed E-state index contributed by atoms with van der Waals surface area (Å²) in [4.78, 5) is 14.7. The van der Waals surface area contributed by atoms with Gasteiger partial charge in [0.25, 0.3) is 0 Å². The lowest BCUT2D eigenvalue weighted by Crippen LogP contribution is -2.49. The van der Waals surface area contributed by atoms with E-state index in [2.05, 4.69) is 15.5 Å². The van der Waals surface area contributed by atoms with Crippen LogP contribution in [0.1, 0.15) is 18.7 Å². The molecule has 1 aliphatic heterocycles. The normalized spacial score (nSPS) is 15.3. The van der Waals surface area contributed by atoms with Gasteiger partial charge < -0.3 is 24.8 Å². The molecule has 2 heterocycles. The minimum atomic E-state index is -0.593. The number of tetrazole rings is 1. The molecule has 0 aliphatic carbocycles. The van der Waals surface area contributed by atoms with E-state index < -0.39 is 5.41 Å². The fourth-order valence-electron chi connectivity index (χ4n) is 3.38. The van der Waals surface area contributed by atoms with Crippen LogP contribution in [0.2, 0.25) is 0 Å². The molecule has 160 valence electrons. The van der Waals surface area contributed by atoms with E-state index in [4.69, 9.17) is 19.9 Å². The molecule has 10 nitrogen and oxygen atoms in total. The molecule has 0 unspecified atom stereocenters. The third-order valence-electron chi connectivity index (χ3n) is 5.13. The van der Waals surface area contributed by atoms with Crippen molar-refractivity contribution in [1.29, 1.82) is 0 Å². The predicted molar refractivity (Wildman–Crippen MR) is 108 cm³/mol. The predicted octanol–water partition coefficient (Wildman–Crippen LogP) is 0.815. The van der Waals surface area contributed by atoms with E-state index in [1.54, 1.807) is 49.0 Å². The maximum absolute atomic E-state index is 13.1. The SMILES string of the molecule is COc1cc(OC)cc(-n2nnnc2CN(C)C(=O)C2(CN)CCOCC2)c1.Cl. The summed E-state index contributed by atoms with van der Waals surface area (Å²) >= 11 is 0. The number of carbonyl (C=O) groups is 1. The monoisotopic (exact) mass is 426 g/mol. The smallest absolute Gasteiger partial charge is 0.230 e. The molecular formula is C18H27ClN6O4. The minimum Gasteiger partial charge on any atom is -0.497 e. The molecule has 11 heteroatoms. The van der Waals surface area contributed by atoms with Crippen LogP contribution in [-0.2, 0) is 16.1 Å². The van der Waals surface area contributed by atoms with Gasteiger partial charge in [-0.15, -0.1) is 17.5 Å². The molecule has 3 rings (SSSR count). The Morgan fingerprint density at radius 3 is 2.41 bits per heavy atom. The fraction of sp³-hybridized carbons (Fsp3) is 0.556. The molecule has 0 atom stereocenters. The van der Waals surface area contributed by atoms with Gasteiger partial charge in [-0.05, 0) is 23.3 Å². The van der Waals surface area contributed by atoms with Gasteiger partial charge in [0, 0.05) is 45.0 Å². The lowest BCUT2D eigenvalue weighted by atomic mass is 9.79. The zero-order chi connectivity index (χ0) is 20.1. The molecule has 1 saturated heterocycles. The summed E-state index contributed by atoms with van der Waals surface area (Å²) in [6, 6.07) is 5.35. The summed E-state index contributed by atoms with van der Waals surface area (Å²) in [6.45, 7) is 1.61. The van der Waals surface area contributed by atoms with Crippen LogP contribution in [0.4, 0.5) is 0 Å². The molecule has 29 heavy (non-hydrogen) atoms. The third kappa shape index (κ3) is 4.77. The highest BCUT2D eigenvalue weighted by molar-refractivity contribution is 5.85. The number of aromatic nitrogens is 4. The van der Waals surface area contributed by atoms with Crippen molar-refractivity contribution >= 4 is 18.3 Å². The molecule has 1 aliphatic rings. The van der Waals surface area contributed by atoms with Crippen molar-refractivity contribution in [2.45, 2.75) is 19.4 Å². The van der Waals surface area contributed by atoms with E-state index in [1.165, 1.54) is 0 Å². The fourth-order valence-corrected chi connectivity index (χ4v) is 3.38. The first-order valence-corrected chi connectivity index (χ1v) is 9.07. The summed E-state index contributed by atoms with van der Waals surface area (Å²) < 4.78 is 17.6. The molecule has 1 fully saturated rings. The Bertz CT molecular complexity index is 802. The first-order valence-electron chi connectivity index (χ1n) is 9.07. The van der Waals surface area contributed by atoms with E-state index in [0.717, 1.165) is 0 Å². The van der Waals surface area contributed by atoms with Crippen molar-refractivity contribution < 1.29 is 19.0 Å². The average molecular weight is 427 g/mol. The van der Waals surface area contributed by atoms with Crippen LogP contribution in [-0.4, -0.2) is 72.0 Å². The molecule has 1 aromatic heterocycles. The van der Waals surface area contributed by atoms with E-state index in [9.17, 15) is 4.79 Å². The summed E-state index contributed by atoms with van der Waals surface area (Å²) in [5.41, 5.74) is 6.04. The van der Waals surface area contributed by atoms with Gasteiger partial charge in [0.15, 0.2) is 5.82 Å². The highest BCUT2D eigenvalue weighted by Crippen LogP contribution is 2.32. The first kappa shape index (κ1) is 22.9. The third-order valence-corrected chi connectivity index (χ3v) is 5.13. The van der Waals surface area contributed by atoms with Gasteiger partial charge in [0.05, 0.1) is 31.9 Å². The molecule has 1 aromatic carbocycles. The van der Waals surface area contributed by atoms with E-state index in [-0.39, 0.29) is 31.4 Å². The van der Waals surface area contributed by atoms with Crippen LogP contribution in [0.15, 0.2) is 18.2 Å². The Balaban J connectivity index is 0.00000300. The molecule has 0 spiro atoms. The number of amides is 1. The highest BCUT2D eigenvalue weighted by atomic mass is 35.5. The van der Waals surface area contributed by atoms with Crippen molar-refractivity contribution in [3.63, 3.8) is 0 Å². The lowest BCUT2D eigenvalue weighted by Gasteiger charge is -2.37. The molecule has 2 N–H and O–H groups in total. The van der Waals surface area contributed by atoms with Crippen molar-refractivity contribution in [2.75, 3.05) is 41.0 Å². The summed E-state index contributed by atoms with van der Waals surface area (Å²) in [5, 5.41) is 11.9. The van der Waals surface area contributed by atoms with Gasteiger partial charge in [-0.1, -0.05) is 0 Å². The van der Waals surface area contributed by atoms with Crippen LogP contribution < -0.4 is 15.2 Å². The minimum absolute atomic E-state index is 0. The van der Waals surface area contributed by atoms with Gasteiger partial charge in [-0.2, -0.15) is 4.68 Å². The van der Waals surface area contributed by atoms with E-state index >= 15 is 0 Å². The number of ether oxygens (including phenoxy) is 3. The second-order valence-corrected chi connectivity index (χ2v) is 6.84. The Morgan fingerprint density at radius 1 is 1.24 bits per heavy atom. The van der Waals surface area contributed by atoms with E-state index in [0.29, 0.717) is 49.1 Å². The Labute approximate surface area is 175 Å². The second kappa shape index (κ2) is 9.86. The van der Waals surface area contributed by atoms with Crippen molar-refractivity contribution in [3.05, 3.63) is 24.0 Å². The van der Waals surface area contributed by atoms with Gasteiger partial charge >= 0.3 is 0 Å². The van der Waals surface area contributed by atoms with E-state index in [1.807, 2.05) is 0 Å². The molecule has 1 amide bonds. The topological polar surface area (TPSA) is 118 Å². The van der Waals surface area contributed by atoms with Crippen molar-refractivity contribution in [2.24, 2.45) is 11.1 Å². The highest BCUT2D eigenvalue weighted by Gasteiger charge is 2.40. The van der Waals surface area contributed by atoms with Crippen LogP contribution in [0.5, 0.6) is 11.5 Å². The number of hydrogen-bond donors (Lipinski definition) is 1. The Hall–Kier alpha value is -2.43. The number of nitrogens with two attached hydrogens (primary N) is 1. The standard InChI is InChI=1S/C18H26N6O4.ClH/c1-23(17(25)18(12-19)4-6-28-7-5-18)11-16-20-21-22-24(16)13-8-14(26-2)10-15(9-13)27-3;/h8-10H,4-7,11-12,19H2,1-3H3;1H. The molecule has 2 aromatic rings. The molecule has 0 radical (unpaired) electrons. The zero-order valence-electron chi connectivity index (χ0n) is 16.8. The quantitative estimate of drug-likeness (QED) is 0.691. The Morgan fingerprint density at radius 2 is 1.86 bits per heavy atom. The molecule has 0 saturated carbocycles.